The lowest BCUT2D eigenvalue weighted by Gasteiger charge is -2.17. The fourth-order valence-electron chi connectivity index (χ4n) is 1.80. The van der Waals surface area contributed by atoms with Crippen LogP contribution in [0, 0.1) is 11.3 Å². The number of rotatable bonds is 6. The normalized spacial score (nSPS) is 11.4. The average Bonchev–Trinajstić information content (AvgIpc) is 3.03. The minimum Gasteiger partial charge on any atom is -0.383 e. The van der Waals surface area contributed by atoms with Gasteiger partial charge in [-0.05, 0) is 29.6 Å². The third-order valence-electron chi connectivity index (χ3n) is 3.00. The summed E-state index contributed by atoms with van der Waals surface area (Å²) in [6.07, 6.45) is 0. The zero-order chi connectivity index (χ0) is 16.2. The van der Waals surface area contributed by atoms with Gasteiger partial charge in [-0.3, -0.25) is 0 Å². The van der Waals surface area contributed by atoms with Crippen molar-refractivity contribution in [3.8, 4) is 6.07 Å². The van der Waals surface area contributed by atoms with Gasteiger partial charge >= 0.3 is 0 Å². The van der Waals surface area contributed by atoms with Crippen molar-refractivity contribution in [2.24, 2.45) is 0 Å². The zero-order valence-corrected chi connectivity index (χ0v) is 14.2. The Balaban J connectivity index is 1.99. The molecule has 116 valence electrons. The van der Waals surface area contributed by atoms with Gasteiger partial charge in [0.2, 0.25) is 0 Å². The molecule has 2 rings (SSSR count). The van der Waals surface area contributed by atoms with E-state index in [1.165, 1.54) is 22.7 Å². The number of thiophene rings is 1. The van der Waals surface area contributed by atoms with Gasteiger partial charge in [0.15, 0.2) is 0 Å². The van der Waals surface area contributed by atoms with Gasteiger partial charge in [0.25, 0.3) is 10.0 Å². The molecule has 1 heterocycles. The lowest BCUT2D eigenvalue weighted by Crippen LogP contribution is -2.31. The Kier molecular flexibility index (Phi) is 5.42. The van der Waals surface area contributed by atoms with Crippen LogP contribution >= 0.6 is 22.9 Å². The molecule has 1 aromatic carbocycles. The molecule has 0 aliphatic rings. The van der Waals surface area contributed by atoms with E-state index >= 15 is 0 Å². The fraction of sp³-hybridized carbons (Fsp3) is 0.214. The van der Waals surface area contributed by atoms with Gasteiger partial charge in [-0.15, -0.1) is 11.3 Å². The molecule has 0 saturated carbocycles. The molecule has 0 aliphatic carbocycles. The number of nitriles is 1. The monoisotopic (exact) mass is 355 g/mol. The van der Waals surface area contributed by atoms with Gasteiger partial charge in [-0.1, -0.05) is 17.7 Å². The molecule has 8 heteroatoms. The van der Waals surface area contributed by atoms with E-state index in [-0.39, 0.29) is 6.54 Å². The second kappa shape index (κ2) is 7.11. The molecule has 5 nitrogen and oxygen atoms in total. The molecule has 1 aromatic heterocycles. The van der Waals surface area contributed by atoms with Gasteiger partial charge < -0.3 is 5.32 Å². The van der Waals surface area contributed by atoms with Crippen molar-refractivity contribution in [2.45, 2.75) is 4.21 Å². The van der Waals surface area contributed by atoms with E-state index in [9.17, 15) is 8.42 Å². The zero-order valence-electron chi connectivity index (χ0n) is 11.8. The number of halogens is 1. The van der Waals surface area contributed by atoms with E-state index in [4.69, 9.17) is 16.9 Å². The predicted molar refractivity (Wildman–Crippen MR) is 88.8 cm³/mol. The molecule has 0 amide bonds. The van der Waals surface area contributed by atoms with Crippen LogP contribution in [0.25, 0.3) is 0 Å². The molecule has 0 unspecified atom stereocenters. The smallest absolute Gasteiger partial charge is 0.252 e. The van der Waals surface area contributed by atoms with Crippen molar-refractivity contribution in [1.29, 1.82) is 5.26 Å². The molecular weight excluding hydrogens is 342 g/mol. The second-order valence-electron chi connectivity index (χ2n) is 4.49. The maximum Gasteiger partial charge on any atom is 0.252 e. The number of nitrogens with one attached hydrogen (secondary N) is 1. The van der Waals surface area contributed by atoms with Crippen LogP contribution in [-0.2, 0) is 10.0 Å². The van der Waals surface area contributed by atoms with Gasteiger partial charge in [0, 0.05) is 25.2 Å². The van der Waals surface area contributed by atoms with E-state index in [0.717, 1.165) is 0 Å². The van der Waals surface area contributed by atoms with E-state index in [2.05, 4.69) is 11.4 Å². The van der Waals surface area contributed by atoms with Gasteiger partial charge in [-0.2, -0.15) is 9.57 Å². The Hall–Kier alpha value is -1.59. The summed E-state index contributed by atoms with van der Waals surface area (Å²) in [5, 5.41) is 14.3. The van der Waals surface area contributed by atoms with Crippen molar-refractivity contribution < 1.29 is 8.42 Å². The minimum absolute atomic E-state index is 0.285. The highest BCUT2D eigenvalue weighted by atomic mass is 35.5. The Morgan fingerprint density at radius 2 is 2.18 bits per heavy atom. The van der Waals surface area contributed by atoms with Crippen molar-refractivity contribution >= 4 is 38.6 Å². The van der Waals surface area contributed by atoms with E-state index in [1.807, 2.05) is 0 Å². The van der Waals surface area contributed by atoms with Crippen LogP contribution in [0.2, 0.25) is 5.02 Å². The number of hydrogen-bond donors (Lipinski definition) is 1. The predicted octanol–water partition coefficient (Wildman–Crippen LogP) is 3.01. The number of benzene rings is 1. The molecular formula is C14H14ClN3O2S2. The van der Waals surface area contributed by atoms with Crippen LogP contribution in [0.4, 0.5) is 5.69 Å². The van der Waals surface area contributed by atoms with Crippen LogP contribution in [-0.4, -0.2) is 32.9 Å². The largest absolute Gasteiger partial charge is 0.383 e. The quantitative estimate of drug-likeness (QED) is 0.864. The molecule has 0 saturated heterocycles. The highest BCUT2D eigenvalue weighted by Gasteiger charge is 2.21. The standard InChI is InChI=1S/C14H14ClN3O2S2/c1-18(22(19,20)14-3-2-8-21-14)7-6-17-13-5-4-12(15)9-11(13)10-16/h2-5,8-9,17H,6-7H2,1H3. The summed E-state index contributed by atoms with van der Waals surface area (Å²) in [4.78, 5) is 0. The van der Waals surface area contributed by atoms with Crippen LogP contribution in [0.15, 0.2) is 39.9 Å². The molecule has 0 bridgehead atoms. The maximum absolute atomic E-state index is 12.2. The molecule has 0 aliphatic heterocycles. The summed E-state index contributed by atoms with van der Waals surface area (Å²) in [5.41, 5.74) is 1.06. The van der Waals surface area contributed by atoms with Gasteiger partial charge in [0.1, 0.15) is 10.3 Å². The molecule has 0 fully saturated rings. The third kappa shape index (κ3) is 3.78. The second-order valence-corrected chi connectivity index (χ2v) is 8.14. The molecule has 0 atom stereocenters. The first-order valence-corrected chi connectivity index (χ1v) is 9.08. The molecule has 0 spiro atoms. The first-order valence-electron chi connectivity index (χ1n) is 6.38. The fourth-order valence-corrected chi connectivity index (χ4v) is 4.34. The first kappa shape index (κ1) is 16.8. The Morgan fingerprint density at radius 1 is 1.41 bits per heavy atom. The summed E-state index contributed by atoms with van der Waals surface area (Å²) in [6, 6.07) is 10.3. The van der Waals surface area contributed by atoms with Crippen LogP contribution in [0.5, 0.6) is 0 Å². The third-order valence-corrected chi connectivity index (χ3v) is 6.47. The van der Waals surface area contributed by atoms with Gasteiger partial charge in [-0.25, -0.2) is 8.42 Å². The Labute approximate surface area is 138 Å². The Bertz CT molecular complexity index is 783. The maximum atomic E-state index is 12.2. The number of hydrogen-bond acceptors (Lipinski definition) is 5. The minimum atomic E-state index is -3.45. The Morgan fingerprint density at radius 3 is 2.82 bits per heavy atom. The highest BCUT2D eigenvalue weighted by molar-refractivity contribution is 7.91. The number of anilines is 1. The molecule has 0 radical (unpaired) electrons. The summed E-state index contributed by atoms with van der Waals surface area (Å²) in [7, 11) is -1.92. The molecule has 22 heavy (non-hydrogen) atoms. The average molecular weight is 356 g/mol. The van der Waals surface area contributed by atoms with Crippen LogP contribution < -0.4 is 5.32 Å². The van der Waals surface area contributed by atoms with Crippen molar-refractivity contribution in [1.82, 2.24) is 4.31 Å². The molecule has 2 aromatic rings. The van der Waals surface area contributed by atoms with Crippen LogP contribution in [0.1, 0.15) is 5.56 Å². The van der Waals surface area contributed by atoms with Crippen molar-refractivity contribution in [2.75, 3.05) is 25.5 Å². The van der Waals surface area contributed by atoms with E-state index in [0.29, 0.717) is 27.0 Å². The number of sulfonamides is 1. The first-order chi connectivity index (χ1) is 10.4. The summed E-state index contributed by atoms with van der Waals surface area (Å²) < 4.78 is 26.1. The number of likely N-dealkylation sites (N-methyl/N-ethyl adjacent to an activating group) is 1. The van der Waals surface area contributed by atoms with Crippen molar-refractivity contribution in [3.05, 3.63) is 46.3 Å². The van der Waals surface area contributed by atoms with Crippen LogP contribution in [0.3, 0.4) is 0 Å². The van der Waals surface area contributed by atoms with E-state index in [1.54, 1.807) is 35.7 Å². The topological polar surface area (TPSA) is 73.2 Å². The summed E-state index contributed by atoms with van der Waals surface area (Å²) >= 11 is 7.02. The lowest BCUT2D eigenvalue weighted by molar-refractivity contribution is 0.482. The summed E-state index contributed by atoms with van der Waals surface area (Å²) in [5.74, 6) is 0. The van der Waals surface area contributed by atoms with Gasteiger partial charge in [0.05, 0.1) is 11.3 Å². The van der Waals surface area contributed by atoms with E-state index < -0.39 is 10.0 Å². The van der Waals surface area contributed by atoms with Crippen molar-refractivity contribution in [3.63, 3.8) is 0 Å². The number of nitrogens with zero attached hydrogens (tertiary/aromatic N) is 2. The lowest BCUT2D eigenvalue weighted by atomic mass is 10.2. The SMILES string of the molecule is CN(CCNc1ccc(Cl)cc1C#N)S(=O)(=O)c1cccs1. The molecule has 1 N–H and O–H groups in total. The summed E-state index contributed by atoms with van der Waals surface area (Å²) in [6.45, 7) is 0.672. The highest BCUT2D eigenvalue weighted by Crippen LogP contribution is 2.21.